The molecule has 31 heavy (non-hydrogen) atoms. The summed E-state index contributed by atoms with van der Waals surface area (Å²) in [6, 6.07) is 11.6. The number of hydrogen-bond acceptors (Lipinski definition) is 8. The van der Waals surface area contributed by atoms with Gasteiger partial charge in [-0.1, -0.05) is 6.07 Å². The van der Waals surface area contributed by atoms with Gasteiger partial charge in [0.05, 0.1) is 16.9 Å². The summed E-state index contributed by atoms with van der Waals surface area (Å²) in [6.07, 6.45) is 4.84. The first kappa shape index (κ1) is 20.4. The molecule has 1 aliphatic heterocycles. The molecule has 0 amide bonds. The van der Waals surface area contributed by atoms with Gasteiger partial charge in [-0.05, 0) is 53.7 Å². The van der Waals surface area contributed by atoms with Crippen molar-refractivity contribution < 1.29 is 19.2 Å². The number of nitro benzene ring substituents is 1. The normalized spacial score (nSPS) is 14.5. The lowest BCUT2D eigenvalue weighted by atomic mass is 10.1. The van der Waals surface area contributed by atoms with Gasteiger partial charge in [0.2, 0.25) is 5.90 Å². The minimum Gasteiger partial charge on any atom is -0.497 e. The van der Waals surface area contributed by atoms with Gasteiger partial charge >= 0.3 is 5.97 Å². The number of aromatic nitrogens is 2. The van der Waals surface area contributed by atoms with Gasteiger partial charge < -0.3 is 14.0 Å². The van der Waals surface area contributed by atoms with E-state index in [-0.39, 0.29) is 17.3 Å². The predicted octanol–water partition coefficient (Wildman–Crippen LogP) is 3.83. The Kier molecular flexibility index (Phi) is 5.54. The second kappa shape index (κ2) is 8.44. The third-order valence-electron chi connectivity index (χ3n) is 4.42. The first-order valence-electron chi connectivity index (χ1n) is 9.05. The average Bonchev–Trinajstić information content (AvgIpc) is 3.34. The predicted molar refractivity (Wildman–Crippen MR) is 114 cm³/mol. The smallest absolute Gasteiger partial charge is 0.363 e. The maximum Gasteiger partial charge on any atom is 0.363 e. The minimum atomic E-state index is -0.625. The summed E-state index contributed by atoms with van der Waals surface area (Å²) >= 11 is 1.19. The molecule has 10 heteroatoms. The lowest BCUT2D eigenvalue weighted by Crippen LogP contribution is -2.05. The summed E-state index contributed by atoms with van der Waals surface area (Å²) in [5.41, 5.74) is 1.05. The minimum absolute atomic E-state index is 0.0598. The zero-order valence-corrected chi connectivity index (χ0v) is 17.3. The van der Waals surface area contributed by atoms with E-state index >= 15 is 0 Å². The van der Waals surface area contributed by atoms with E-state index in [9.17, 15) is 14.9 Å². The van der Waals surface area contributed by atoms with E-state index < -0.39 is 10.9 Å². The van der Waals surface area contributed by atoms with E-state index in [1.165, 1.54) is 23.9 Å². The quantitative estimate of drug-likeness (QED) is 0.250. The molecule has 0 aliphatic carbocycles. The van der Waals surface area contributed by atoms with Gasteiger partial charge in [-0.3, -0.25) is 10.1 Å². The number of esters is 1. The van der Waals surface area contributed by atoms with Crippen molar-refractivity contribution in [3.63, 3.8) is 0 Å². The van der Waals surface area contributed by atoms with Crippen LogP contribution in [-0.4, -0.2) is 33.5 Å². The third-order valence-corrected chi connectivity index (χ3v) is 5.56. The molecule has 3 aromatic rings. The van der Waals surface area contributed by atoms with Gasteiger partial charge in [0, 0.05) is 31.1 Å². The van der Waals surface area contributed by atoms with Gasteiger partial charge in [-0.15, -0.1) is 0 Å². The van der Waals surface area contributed by atoms with Crippen LogP contribution >= 0.6 is 11.8 Å². The zero-order valence-electron chi connectivity index (χ0n) is 16.5. The maximum absolute atomic E-state index is 12.2. The fraction of sp³-hybridized carbons (Fsp3) is 0.0952. The van der Waals surface area contributed by atoms with Crippen molar-refractivity contribution in [1.82, 2.24) is 9.55 Å². The molecule has 2 aromatic carbocycles. The molecule has 156 valence electrons. The molecular formula is C21H16N4O5S. The number of methoxy groups -OCH3 is 1. The van der Waals surface area contributed by atoms with Gasteiger partial charge in [-0.2, -0.15) is 0 Å². The van der Waals surface area contributed by atoms with Crippen LogP contribution in [0.15, 0.2) is 75.6 Å². The second-order valence-corrected chi connectivity index (χ2v) is 7.48. The Bertz CT molecular complexity index is 1230. The number of nitro groups is 1. The molecule has 0 fully saturated rings. The van der Waals surface area contributed by atoms with Crippen molar-refractivity contribution in [3.05, 3.63) is 81.8 Å². The molecule has 1 aliphatic rings. The number of cyclic esters (lactones) is 1. The van der Waals surface area contributed by atoms with E-state index in [1.807, 2.05) is 7.05 Å². The number of carbonyl (C=O) groups is 1. The largest absolute Gasteiger partial charge is 0.497 e. The van der Waals surface area contributed by atoms with Crippen LogP contribution in [0.3, 0.4) is 0 Å². The lowest BCUT2D eigenvalue weighted by Gasteiger charge is -2.04. The molecule has 0 bridgehead atoms. The molecule has 0 saturated heterocycles. The molecule has 0 radical (unpaired) electrons. The van der Waals surface area contributed by atoms with Crippen LogP contribution in [0.2, 0.25) is 0 Å². The van der Waals surface area contributed by atoms with Crippen molar-refractivity contribution in [2.24, 2.45) is 12.0 Å². The van der Waals surface area contributed by atoms with Crippen molar-refractivity contribution >= 4 is 35.4 Å². The SMILES string of the molecule is COc1ccc(C2=NC(=Cc3ccc(Sc4nccn4C)c([N+](=O)[O-])c3)C(=O)O2)cc1. The maximum atomic E-state index is 12.2. The van der Waals surface area contributed by atoms with Crippen LogP contribution in [0.1, 0.15) is 11.1 Å². The van der Waals surface area contributed by atoms with Crippen LogP contribution in [0.5, 0.6) is 5.75 Å². The first-order valence-corrected chi connectivity index (χ1v) is 9.87. The highest BCUT2D eigenvalue weighted by Crippen LogP contribution is 2.35. The summed E-state index contributed by atoms with van der Waals surface area (Å²) in [5, 5.41) is 12.2. The van der Waals surface area contributed by atoms with Gasteiger partial charge in [0.15, 0.2) is 10.9 Å². The van der Waals surface area contributed by atoms with Gasteiger partial charge in [0.25, 0.3) is 5.69 Å². The Hall–Kier alpha value is -3.92. The monoisotopic (exact) mass is 436 g/mol. The highest BCUT2D eigenvalue weighted by molar-refractivity contribution is 7.99. The number of nitrogens with zero attached hydrogens (tertiary/aromatic N) is 4. The summed E-state index contributed by atoms with van der Waals surface area (Å²) in [5.74, 6) is 0.204. The number of benzene rings is 2. The number of rotatable bonds is 6. The molecule has 0 atom stereocenters. The number of aryl methyl sites for hydroxylation is 1. The number of carbonyl (C=O) groups excluding carboxylic acids is 1. The third kappa shape index (κ3) is 4.33. The second-order valence-electron chi connectivity index (χ2n) is 6.47. The van der Waals surface area contributed by atoms with Crippen molar-refractivity contribution in [2.45, 2.75) is 10.1 Å². The van der Waals surface area contributed by atoms with Gasteiger partial charge in [-0.25, -0.2) is 14.8 Å². The van der Waals surface area contributed by atoms with E-state index in [0.717, 1.165) is 0 Å². The molecule has 4 rings (SSSR count). The summed E-state index contributed by atoms with van der Waals surface area (Å²) in [6.45, 7) is 0. The van der Waals surface area contributed by atoms with Crippen molar-refractivity contribution in [3.8, 4) is 5.75 Å². The highest BCUT2D eigenvalue weighted by Gasteiger charge is 2.25. The van der Waals surface area contributed by atoms with Crippen molar-refractivity contribution in [2.75, 3.05) is 7.11 Å². The van der Waals surface area contributed by atoms with Crippen LogP contribution in [0.25, 0.3) is 6.08 Å². The average molecular weight is 436 g/mol. The first-order chi connectivity index (χ1) is 14.9. The number of hydrogen-bond donors (Lipinski definition) is 0. The molecule has 0 N–H and O–H groups in total. The Morgan fingerprint density at radius 3 is 2.65 bits per heavy atom. The number of imidazole rings is 1. The van der Waals surface area contributed by atoms with Crippen LogP contribution in [0, 0.1) is 10.1 Å². The molecule has 9 nitrogen and oxygen atoms in total. The molecule has 0 spiro atoms. The fourth-order valence-electron chi connectivity index (χ4n) is 2.83. The molecule has 1 aromatic heterocycles. The Morgan fingerprint density at radius 2 is 2.00 bits per heavy atom. The Morgan fingerprint density at radius 1 is 1.23 bits per heavy atom. The van der Waals surface area contributed by atoms with Crippen LogP contribution < -0.4 is 4.74 Å². The molecule has 0 unspecified atom stereocenters. The molecular weight excluding hydrogens is 420 g/mol. The summed E-state index contributed by atoms with van der Waals surface area (Å²) in [7, 11) is 3.37. The van der Waals surface area contributed by atoms with Gasteiger partial charge in [0.1, 0.15) is 5.75 Å². The topological polar surface area (TPSA) is 109 Å². The summed E-state index contributed by atoms with van der Waals surface area (Å²) < 4.78 is 12.1. The van der Waals surface area contributed by atoms with Crippen LogP contribution in [-0.2, 0) is 16.6 Å². The highest BCUT2D eigenvalue weighted by atomic mass is 32.2. The molecule has 2 heterocycles. The van der Waals surface area contributed by atoms with E-state index in [4.69, 9.17) is 9.47 Å². The van der Waals surface area contributed by atoms with Crippen LogP contribution in [0.4, 0.5) is 5.69 Å². The van der Waals surface area contributed by atoms with E-state index in [2.05, 4.69) is 9.98 Å². The van der Waals surface area contributed by atoms with E-state index in [1.54, 1.807) is 60.5 Å². The fourth-order valence-corrected chi connectivity index (χ4v) is 3.72. The molecule has 0 saturated carbocycles. The zero-order chi connectivity index (χ0) is 22.0. The summed E-state index contributed by atoms with van der Waals surface area (Å²) in [4.78, 5) is 32.2. The number of ether oxygens (including phenoxy) is 2. The number of aliphatic imine (C=N–C) groups is 1. The lowest BCUT2D eigenvalue weighted by molar-refractivity contribution is -0.387. The van der Waals surface area contributed by atoms with Crippen molar-refractivity contribution in [1.29, 1.82) is 0 Å². The standard InChI is InChI=1S/C21H16N4O5S/c1-24-10-9-22-21(24)31-18-8-3-13(12-17(18)25(27)28)11-16-20(26)30-19(23-16)14-4-6-15(29-2)7-5-14/h3-12H,1-2H3. The van der Waals surface area contributed by atoms with E-state index in [0.29, 0.717) is 26.9 Å². The Labute approximate surface area is 181 Å². The Balaban J connectivity index is 1.63.